The van der Waals surface area contributed by atoms with Crippen molar-refractivity contribution in [3.05, 3.63) is 0 Å². The van der Waals surface area contributed by atoms with Gasteiger partial charge in [0.15, 0.2) is 6.10 Å². The predicted molar refractivity (Wildman–Crippen MR) is 76.1 cm³/mol. The maximum absolute atomic E-state index is 12.1. The Morgan fingerprint density at radius 2 is 1.76 bits per heavy atom. The molecule has 2 N–H and O–H groups in total. The van der Waals surface area contributed by atoms with E-state index >= 15 is 0 Å². The first kappa shape index (κ1) is 16.1. The van der Waals surface area contributed by atoms with Gasteiger partial charge in [-0.15, -0.1) is 0 Å². The molecular formula is C15H25NO5. The minimum atomic E-state index is -0.965. The Bertz CT molecular complexity index is 432. The number of carbonyl (C=O) groups excluding carboxylic acids is 1. The third-order valence-electron chi connectivity index (χ3n) is 4.65. The molecule has 21 heavy (non-hydrogen) atoms. The first-order valence-electron chi connectivity index (χ1n) is 7.43. The second-order valence-corrected chi connectivity index (χ2v) is 7.17. The highest BCUT2D eigenvalue weighted by Gasteiger charge is 2.68. The Hall–Kier alpha value is -1.30. The van der Waals surface area contributed by atoms with E-state index in [0.29, 0.717) is 0 Å². The Labute approximate surface area is 125 Å². The van der Waals surface area contributed by atoms with E-state index in [1.807, 2.05) is 20.8 Å². The van der Waals surface area contributed by atoms with Gasteiger partial charge < -0.3 is 19.9 Å². The zero-order valence-electron chi connectivity index (χ0n) is 13.2. The molecule has 0 heterocycles. The molecule has 2 saturated carbocycles. The molecule has 1 amide bonds. The SMILES string of the molecule is COC(C(=O)O)C1(C2(NC(=O)OC(C)(C)C)CCC2)CC1. The van der Waals surface area contributed by atoms with Crippen LogP contribution in [0.25, 0.3) is 0 Å². The molecule has 120 valence electrons. The number of carboxylic acids is 1. The largest absolute Gasteiger partial charge is 0.479 e. The van der Waals surface area contributed by atoms with E-state index in [1.54, 1.807) is 0 Å². The third-order valence-corrected chi connectivity index (χ3v) is 4.65. The fraction of sp³-hybridized carbons (Fsp3) is 0.867. The maximum Gasteiger partial charge on any atom is 0.408 e. The van der Waals surface area contributed by atoms with E-state index < -0.39 is 34.7 Å². The van der Waals surface area contributed by atoms with E-state index in [0.717, 1.165) is 32.1 Å². The number of hydrogen-bond donors (Lipinski definition) is 2. The van der Waals surface area contributed by atoms with Gasteiger partial charge in [0.2, 0.25) is 0 Å². The Balaban J connectivity index is 2.15. The standard InChI is InChI=1S/C15H25NO5/c1-13(2,3)21-12(19)16-15(6-5-7-15)14(8-9-14)10(20-4)11(17)18/h10H,5-9H2,1-4H3,(H,16,19)(H,17,18). The van der Waals surface area contributed by atoms with Gasteiger partial charge in [0.1, 0.15) is 5.60 Å². The monoisotopic (exact) mass is 299 g/mol. The smallest absolute Gasteiger partial charge is 0.408 e. The van der Waals surface area contributed by atoms with Crippen LogP contribution >= 0.6 is 0 Å². The molecule has 0 aromatic carbocycles. The predicted octanol–water partition coefficient (Wildman–Crippen LogP) is 2.31. The van der Waals surface area contributed by atoms with E-state index in [-0.39, 0.29) is 0 Å². The van der Waals surface area contributed by atoms with Crippen LogP contribution in [0.3, 0.4) is 0 Å². The second-order valence-electron chi connectivity index (χ2n) is 7.17. The molecule has 2 aliphatic carbocycles. The number of methoxy groups -OCH3 is 1. The minimum absolute atomic E-state index is 0.478. The van der Waals surface area contributed by atoms with Crippen LogP contribution in [0, 0.1) is 5.41 Å². The van der Waals surface area contributed by atoms with E-state index in [4.69, 9.17) is 9.47 Å². The van der Waals surface area contributed by atoms with Crippen LogP contribution in [0.15, 0.2) is 0 Å². The van der Waals surface area contributed by atoms with Gasteiger partial charge in [-0.1, -0.05) is 0 Å². The summed E-state index contributed by atoms with van der Waals surface area (Å²) < 4.78 is 10.5. The highest BCUT2D eigenvalue weighted by molar-refractivity contribution is 5.76. The zero-order valence-corrected chi connectivity index (χ0v) is 13.2. The maximum atomic E-state index is 12.1. The summed E-state index contributed by atoms with van der Waals surface area (Å²) in [6, 6.07) is 0. The van der Waals surface area contributed by atoms with Crippen molar-refractivity contribution < 1.29 is 24.2 Å². The summed E-state index contributed by atoms with van der Waals surface area (Å²) in [4.78, 5) is 23.6. The number of alkyl carbamates (subject to hydrolysis) is 1. The summed E-state index contributed by atoms with van der Waals surface area (Å²) in [5.74, 6) is -0.965. The zero-order chi connectivity index (χ0) is 15.9. The first-order valence-corrected chi connectivity index (χ1v) is 7.43. The molecule has 0 saturated heterocycles. The highest BCUT2D eigenvalue weighted by Crippen LogP contribution is 2.63. The fourth-order valence-corrected chi connectivity index (χ4v) is 3.47. The Morgan fingerprint density at radius 1 is 1.19 bits per heavy atom. The topological polar surface area (TPSA) is 84.9 Å². The highest BCUT2D eigenvalue weighted by atomic mass is 16.6. The van der Waals surface area contributed by atoms with Gasteiger partial charge >= 0.3 is 12.1 Å². The molecule has 1 unspecified atom stereocenters. The Morgan fingerprint density at radius 3 is 2.05 bits per heavy atom. The van der Waals surface area contributed by atoms with Crippen LogP contribution in [0.4, 0.5) is 4.79 Å². The second kappa shape index (κ2) is 5.16. The van der Waals surface area contributed by atoms with Crippen LogP contribution in [-0.2, 0) is 14.3 Å². The van der Waals surface area contributed by atoms with Crippen molar-refractivity contribution in [2.24, 2.45) is 5.41 Å². The molecule has 0 aliphatic heterocycles. The lowest BCUT2D eigenvalue weighted by Crippen LogP contribution is -2.64. The molecule has 0 bridgehead atoms. The average Bonchev–Trinajstić information content (AvgIpc) is 3.03. The van der Waals surface area contributed by atoms with Crippen molar-refractivity contribution in [1.82, 2.24) is 5.32 Å². The first-order chi connectivity index (χ1) is 9.66. The molecule has 2 aliphatic rings. The lowest BCUT2D eigenvalue weighted by atomic mass is 9.63. The number of hydrogen-bond acceptors (Lipinski definition) is 4. The van der Waals surface area contributed by atoms with Gasteiger partial charge in [-0.05, 0) is 52.9 Å². The summed E-state index contributed by atoms with van der Waals surface area (Å²) in [6.45, 7) is 5.42. The van der Waals surface area contributed by atoms with Crippen LogP contribution in [0.2, 0.25) is 0 Å². The summed E-state index contributed by atoms with van der Waals surface area (Å²) in [7, 11) is 1.42. The number of nitrogens with one attached hydrogen (secondary N) is 1. The third kappa shape index (κ3) is 2.86. The molecule has 0 aromatic heterocycles. The number of ether oxygens (including phenoxy) is 2. The lowest BCUT2D eigenvalue weighted by molar-refractivity contribution is -0.158. The van der Waals surface area contributed by atoms with Gasteiger partial charge in [-0.25, -0.2) is 9.59 Å². The lowest BCUT2D eigenvalue weighted by Gasteiger charge is -2.50. The molecule has 2 fully saturated rings. The molecule has 0 radical (unpaired) electrons. The van der Waals surface area contributed by atoms with Gasteiger partial charge in [-0.2, -0.15) is 0 Å². The van der Waals surface area contributed by atoms with Gasteiger partial charge in [0.25, 0.3) is 0 Å². The number of carbonyl (C=O) groups is 2. The van der Waals surface area contributed by atoms with Crippen molar-refractivity contribution in [3.63, 3.8) is 0 Å². The number of carboxylic acid groups (broad SMARTS) is 1. The van der Waals surface area contributed by atoms with Crippen molar-refractivity contribution in [1.29, 1.82) is 0 Å². The molecule has 0 spiro atoms. The van der Waals surface area contributed by atoms with Crippen molar-refractivity contribution >= 4 is 12.1 Å². The van der Waals surface area contributed by atoms with Crippen molar-refractivity contribution in [2.75, 3.05) is 7.11 Å². The quantitative estimate of drug-likeness (QED) is 0.813. The summed E-state index contributed by atoms with van der Waals surface area (Å²) in [5, 5.41) is 12.3. The molecule has 6 nitrogen and oxygen atoms in total. The summed E-state index contributed by atoms with van der Waals surface area (Å²) in [5.41, 5.74) is -1.57. The van der Waals surface area contributed by atoms with Gasteiger partial charge in [-0.3, -0.25) is 0 Å². The molecule has 1 atom stereocenters. The van der Waals surface area contributed by atoms with Crippen molar-refractivity contribution in [3.8, 4) is 0 Å². The van der Waals surface area contributed by atoms with Crippen LogP contribution in [-0.4, -0.2) is 41.5 Å². The summed E-state index contributed by atoms with van der Waals surface area (Å²) in [6.07, 6.45) is 2.69. The molecule has 6 heteroatoms. The number of rotatable bonds is 5. The van der Waals surface area contributed by atoms with Gasteiger partial charge in [0.05, 0.1) is 5.54 Å². The normalized spacial score (nSPS) is 23.6. The fourth-order valence-electron chi connectivity index (χ4n) is 3.47. The number of aliphatic carboxylic acids is 1. The molecule has 0 aromatic rings. The van der Waals surface area contributed by atoms with Crippen LogP contribution in [0.5, 0.6) is 0 Å². The number of amides is 1. The molecular weight excluding hydrogens is 274 g/mol. The minimum Gasteiger partial charge on any atom is -0.479 e. The van der Waals surface area contributed by atoms with Crippen molar-refractivity contribution in [2.45, 2.75) is 70.1 Å². The molecule has 2 rings (SSSR count). The van der Waals surface area contributed by atoms with E-state index in [1.165, 1.54) is 7.11 Å². The van der Waals surface area contributed by atoms with Gasteiger partial charge in [0, 0.05) is 12.5 Å². The van der Waals surface area contributed by atoms with E-state index in [2.05, 4.69) is 5.32 Å². The Kier molecular flexibility index (Phi) is 3.95. The summed E-state index contributed by atoms with van der Waals surface area (Å²) >= 11 is 0. The van der Waals surface area contributed by atoms with Crippen LogP contribution < -0.4 is 5.32 Å². The van der Waals surface area contributed by atoms with E-state index in [9.17, 15) is 14.7 Å². The van der Waals surface area contributed by atoms with Crippen LogP contribution in [0.1, 0.15) is 52.9 Å². The average molecular weight is 299 g/mol.